The van der Waals surface area contributed by atoms with Gasteiger partial charge in [0.2, 0.25) is 0 Å². The van der Waals surface area contributed by atoms with E-state index in [1.807, 2.05) is 19.1 Å². The first-order valence-corrected chi connectivity index (χ1v) is 10.7. The van der Waals surface area contributed by atoms with Gasteiger partial charge in [-0.25, -0.2) is 8.42 Å². The topological polar surface area (TPSA) is 73.8 Å². The van der Waals surface area contributed by atoms with Crippen LogP contribution in [0, 0.1) is 6.92 Å². The summed E-state index contributed by atoms with van der Waals surface area (Å²) in [5.41, 5.74) is 1.79. The van der Waals surface area contributed by atoms with Gasteiger partial charge in [-0.3, -0.25) is 4.99 Å². The van der Waals surface area contributed by atoms with E-state index in [0.29, 0.717) is 11.4 Å². The predicted molar refractivity (Wildman–Crippen MR) is 105 cm³/mol. The van der Waals surface area contributed by atoms with Crippen LogP contribution in [0.5, 0.6) is 0 Å². The van der Waals surface area contributed by atoms with Gasteiger partial charge in [-0.15, -0.1) is 0 Å². The molecule has 0 atom stereocenters. The van der Waals surface area contributed by atoms with Gasteiger partial charge in [0.05, 0.1) is 4.90 Å². The molecule has 6 nitrogen and oxygen atoms in total. The summed E-state index contributed by atoms with van der Waals surface area (Å²) in [6.45, 7) is 10.9. The Morgan fingerprint density at radius 3 is 2.40 bits per heavy atom. The van der Waals surface area contributed by atoms with Gasteiger partial charge in [0.25, 0.3) is 0 Å². The van der Waals surface area contributed by atoms with Gasteiger partial charge in [0.15, 0.2) is 15.8 Å². The fourth-order valence-electron chi connectivity index (χ4n) is 2.69. The highest BCUT2D eigenvalue weighted by molar-refractivity contribution is 7.90. The maximum atomic E-state index is 11.7. The predicted octanol–water partition coefficient (Wildman–Crippen LogP) is 1.80. The molecule has 0 aliphatic rings. The van der Waals surface area contributed by atoms with Crippen molar-refractivity contribution in [3.8, 4) is 0 Å². The average molecular weight is 369 g/mol. The fourth-order valence-corrected chi connectivity index (χ4v) is 3.65. The van der Waals surface area contributed by atoms with Gasteiger partial charge < -0.3 is 15.5 Å². The van der Waals surface area contributed by atoms with E-state index in [1.165, 1.54) is 6.26 Å². The lowest BCUT2D eigenvalue weighted by atomic mass is 10.1. The summed E-state index contributed by atoms with van der Waals surface area (Å²) in [5, 5.41) is 6.57. The number of rotatable bonds is 9. The Morgan fingerprint density at radius 1 is 1.20 bits per heavy atom. The largest absolute Gasteiger partial charge is 0.356 e. The van der Waals surface area contributed by atoms with E-state index < -0.39 is 9.84 Å². The van der Waals surface area contributed by atoms with Crippen LogP contribution in [0.15, 0.2) is 28.1 Å². The Morgan fingerprint density at radius 2 is 1.88 bits per heavy atom. The van der Waals surface area contributed by atoms with E-state index >= 15 is 0 Å². The molecule has 0 aromatic heterocycles. The lowest BCUT2D eigenvalue weighted by Gasteiger charge is -2.18. The third-order valence-corrected chi connectivity index (χ3v) is 5.42. The summed E-state index contributed by atoms with van der Waals surface area (Å²) in [6.07, 6.45) is 2.29. The van der Waals surface area contributed by atoms with Crippen molar-refractivity contribution >= 4 is 15.8 Å². The van der Waals surface area contributed by atoms with Crippen molar-refractivity contribution in [1.82, 2.24) is 15.5 Å². The second kappa shape index (κ2) is 10.4. The quantitative estimate of drug-likeness (QED) is 0.395. The molecule has 1 aromatic carbocycles. The number of hydrogen-bond acceptors (Lipinski definition) is 4. The molecular formula is C18H32N4O2S. The monoisotopic (exact) mass is 368 g/mol. The maximum absolute atomic E-state index is 11.7. The van der Waals surface area contributed by atoms with Crippen LogP contribution in [-0.2, 0) is 16.4 Å². The fraction of sp³-hybridized carbons (Fsp3) is 0.611. The van der Waals surface area contributed by atoms with Crippen molar-refractivity contribution in [3.05, 3.63) is 29.3 Å². The normalized spacial score (nSPS) is 12.5. The van der Waals surface area contributed by atoms with Gasteiger partial charge in [0.1, 0.15) is 0 Å². The minimum Gasteiger partial charge on any atom is -0.356 e. The van der Waals surface area contributed by atoms with E-state index in [2.05, 4.69) is 34.4 Å². The molecule has 0 heterocycles. The number of benzene rings is 1. The van der Waals surface area contributed by atoms with Gasteiger partial charge in [-0.2, -0.15) is 0 Å². The molecule has 0 aliphatic carbocycles. The Balaban J connectivity index is 2.49. The van der Waals surface area contributed by atoms with Crippen LogP contribution in [-0.4, -0.2) is 58.8 Å². The number of guanidine groups is 1. The minimum absolute atomic E-state index is 0.384. The smallest absolute Gasteiger partial charge is 0.191 e. The summed E-state index contributed by atoms with van der Waals surface area (Å²) < 4.78 is 23.3. The number of hydrogen-bond donors (Lipinski definition) is 2. The third-order valence-electron chi connectivity index (χ3n) is 4.16. The first-order valence-electron chi connectivity index (χ1n) is 8.78. The number of aryl methyl sites for hydroxylation is 1. The molecule has 0 amide bonds. The molecule has 25 heavy (non-hydrogen) atoms. The molecule has 0 radical (unpaired) electrons. The van der Waals surface area contributed by atoms with Gasteiger partial charge in [-0.1, -0.05) is 26.0 Å². The zero-order chi connectivity index (χ0) is 18.9. The summed E-state index contributed by atoms with van der Waals surface area (Å²) in [5.74, 6) is 0.754. The first kappa shape index (κ1) is 21.4. The van der Waals surface area contributed by atoms with Crippen molar-refractivity contribution in [1.29, 1.82) is 0 Å². The van der Waals surface area contributed by atoms with E-state index in [-0.39, 0.29) is 0 Å². The Labute approximate surface area is 152 Å². The lowest BCUT2D eigenvalue weighted by Crippen LogP contribution is -2.38. The molecule has 1 rings (SSSR count). The number of sulfone groups is 1. The molecule has 0 bridgehead atoms. The van der Waals surface area contributed by atoms with Crippen LogP contribution in [0.25, 0.3) is 0 Å². The molecule has 7 heteroatoms. The van der Waals surface area contributed by atoms with E-state index in [0.717, 1.165) is 49.7 Å². The van der Waals surface area contributed by atoms with Crippen molar-refractivity contribution in [2.45, 2.75) is 38.6 Å². The van der Waals surface area contributed by atoms with Gasteiger partial charge >= 0.3 is 0 Å². The molecule has 0 spiro atoms. The molecule has 2 N–H and O–H groups in total. The number of aliphatic imine (C=N–C) groups is 1. The maximum Gasteiger partial charge on any atom is 0.191 e. The number of nitrogens with zero attached hydrogens (tertiary/aromatic N) is 2. The Kier molecular flexibility index (Phi) is 8.92. The van der Waals surface area contributed by atoms with Crippen molar-refractivity contribution in [2.24, 2.45) is 4.99 Å². The lowest BCUT2D eigenvalue weighted by molar-refractivity contribution is 0.300. The average Bonchev–Trinajstić information content (AvgIpc) is 2.56. The van der Waals surface area contributed by atoms with E-state index in [1.54, 1.807) is 13.1 Å². The van der Waals surface area contributed by atoms with Crippen LogP contribution in [0.4, 0.5) is 0 Å². The van der Waals surface area contributed by atoms with Crippen molar-refractivity contribution in [2.75, 3.05) is 39.5 Å². The Hall–Kier alpha value is -1.60. The Bertz CT molecular complexity index is 668. The van der Waals surface area contributed by atoms with Gasteiger partial charge in [-0.05, 0) is 50.2 Å². The second-order valence-corrected chi connectivity index (χ2v) is 8.09. The molecule has 0 saturated heterocycles. The highest BCUT2D eigenvalue weighted by Gasteiger charge is 2.10. The van der Waals surface area contributed by atoms with Crippen molar-refractivity contribution < 1.29 is 8.42 Å². The van der Waals surface area contributed by atoms with Crippen LogP contribution >= 0.6 is 0 Å². The minimum atomic E-state index is -3.17. The van der Waals surface area contributed by atoms with Crippen LogP contribution in [0.3, 0.4) is 0 Å². The zero-order valence-corrected chi connectivity index (χ0v) is 16.9. The summed E-state index contributed by atoms with van der Waals surface area (Å²) in [6, 6.07) is 5.41. The molecule has 0 fully saturated rings. The summed E-state index contributed by atoms with van der Waals surface area (Å²) in [4.78, 5) is 7.00. The van der Waals surface area contributed by atoms with E-state index in [4.69, 9.17) is 0 Å². The molecule has 1 aromatic rings. The summed E-state index contributed by atoms with van der Waals surface area (Å²) >= 11 is 0. The highest BCUT2D eigenvalue weighted by Crippen LogP contribution is 2.16. The highest BCUT2D eigenvalue weighted by atomic mass is 32.2. The third kappa shape index (κ3) is 7.44. The molecule has 0 aliphatic heterocycles. The zero-order valence-electron chi connectivity index (χ0n) is 16.1. The van der Waals surface area contributed by atoms with Crippen LogP contribution in [0.1, 0.15) is 31.4 Å². The van der Waals surface area contributed by atoms with Crippen LogP contribution < -0.4 is 10.6 Å². The standard InChI is InChI=1S/C18H32N4O2S/c1-6-22(7-2)12-8-11-20-18(19-4)21-14-16-9-10-17(15(3)13-16)25(5,23)24/h9-10,13H,6-8,11-12,14H2,1-5H3,(H2,19,20,21). The first-order chi connectivity index (χ1) is 11.8. The summed E-state index contributed by atoms with van der Waals surface area (Å²) in [7, 11) is -1.43. The van der Waals surface area contributed by atoms with Gasteiger partial charge in [0, 0.05) is 26.4 Å². The molecule has 142 valence electrons. The van der Waals surface area contributed by atoms with E-state index in [9.17, 15) is 8.42 Å². The molecular weight excluding hydrogens is 336 g/mol. The second-order valence-electron chi connectivity index (χ2n) is 6.10. The molecule has 0 saturated carbocycles. The van der Waals surface area contributed by atoms with Crippen LogP contribution in [0.2, 0.25) is 0 Å². The molecule has 0 unspecified atom stereocenters. The number of nitrogens with one attached hydrogen (secondary N) is 2. The van der Waals surface area contributed by atoms with Crippen molar-refractivity contribution in [3.63, 3.8) is 0 Å². The SMILES string of the molecule is CCN(CC)CCCNC(=NC)NCc1ccc(S(C)(=O)=O)c(C)c1.